The van der Waals surface area contributed by atoms with Crippen LogP contribution in [0.4, 0.5) is 5.69 Å². The predicted octanol–water partition coefficient (Wildman–Crippen LogP) is 1.72. The molecule has 3 aromatic rings. The summed E-state index contributed by atoms with van der Waals surface area (Å²) in [5, 5.41) is 4.90. The number of benzene rings is 2. The molecule has 3 rings (SSSR count). The van der Waals surface area contributed by atoms with Crippen molar-refractivity contribution in [2.75, 3.05) is 4.72 Å². The summed E-state index contributed by atoms with van der Waals surface area (Å²) in [6, 6.07) is 7.32. The van der Waals surface area contributed by atoms with Gasteiger partial charge in [-0.1, -0.05) is 11.6 Å². The minimum absolute atomic E-state index is 0.0798. The molecule has 0 fully saturated rings. The monoisotopic (exact) mass is 431 g/mol. The average Bonchev–Trinajstić information content (AvgIpc) is 2.87. The smallest absolute Gasteiger partial charge is 0.408 e. The molecule has 0 radical (unpaired) electrons. The Morgan fingerprint density at radius 2 is 1.78 bits per heavy atom. The standard InChI is InChI=1S/C15H14ClN3O6S2/c1-2-19-12-7-11(16)14(8-13(12)25-15(19)20)27(23,24)18-9-3-5-10(6-4-9)26(17,21)22/h3-8,18H,2H2,1H3,(H2,17,21,22). The lowest BCUT2D eigenvalue weighted by Crippen LogP contribution is -2.15. The van der Waals surface area contributed by atoms with Gasteiger partial charge in [0.2, 0.25) is 10.0 Å². The van der Waals surface area contributed by atoms with E-state index in [1.165, 1.54) is 34.9 Å². The zero-order chi connectivity index (χ0) is 20.0. The molecular formula is C15H14ClN3O6S2. The van der Waals surface area contributed by atoms with E-state index < -0.39 is 25.8 Å². The molecule has 3 N–H and O–H groups in total. The quantitative estimate of drug-likeness (QED) is 0.629. The first-order chi connectivity index (χ1) is 12.5. The van der Waals surface area contributed by atoms with E-state index in [4.69, 9.17) is 21.2 Å². The molecule has 27 heavy (non-hydrogen) atoms. The van der Waals surface area contributed by atoms with Crippen LogP contribution in [0, 0.1) is 0 Å². The number of nitrogens with two attached hydrogens (primary N) is 1. The fourth-order valence-corrected chi connectivity index (χ4v) is 4.60. The second kappa shape index (κ2) is 6.68. The van der Waals surface area contributed by atoms with Crippen LogP contribution in [0.1, 0.15) is 6.92 Å². The van der Waals surface area contributed by atoms with E-state index in [9.17, 15) is 21.6 Å². The molecule has 0 saturated carbocycles. The van der Waals surface area contributed by atoms with Gasteiger partial charge in [0.1, 0.15) is 4.90 Å². The first-order valence-corrected chi connectivity index (χ1v) is 10.9. The largest absolute Gasteiger partial charge is 0.419 e. The highest BCUT2D eigenvalue weighted by Gasteiger charge is 2.22. The van der Waals surface area contributed by atoms with Gasteiger partial charge >= 0.3 is 5.76 Å². The summed E-state index contributed by atoms with van der Waals surface area (Å²) in [5.74, 6) is -0.621. The van der Waals surface area contributed by atoms with Crippen LogP contribution in [0.25, 0.3) is 11.1 Å². The summed E-state index contributed by atoms with van der Waals surface area (Å²) >= 11 is 6.11. The second-order valence-electron chi connectivity index (χ2n) is 5.54. The molecule has 9 nitrogen and oxygen atoms in total. The number of hydrogen-bond donors (Lipinski definition) is 2. The van der Waals surface area contributed by atoms with Crippen molar-refractivity contribution in [2.45, 2.75) is 23.3 Å². The van der Waals surface area contributed by atoms with Gasteiger partial charge in [-0.2, -0.15) is 0 Å². The van der Waals surface area contributed by atoms with E-state index >= 15 is 0 Å². The molecule has 0 aliphatic heterocycles. The van der Waals surface area contributed by atoms with Crippen LogP contribution < -0.4 is 15.6 Å². The number of aromatic nitrogens is 1. The van der Waals surface area contributed by atoms with Gasteiger partial charge in [0.15, 0.2) is 5.58 Å². The summed E-state index contributed by atoms with van der Waals surface area (Å²) < 4.78 is 56.5. The van der Waals surface area contributed by atoms with Crippen LogP contribution in [0.3, 0.4) is 0 Å². The number of sulfonamides is 2. The van der Waals surface area contributed by atoms with Crippen molar-refractivity contribution in [1.82, 2.24) is 4.57 Å². The maximum absolute atomic E-state index is 12.6. The Bertz CT molecular complexity index is 1290. The molecule has 1 heterocycles. The van der Waals surface area contributed by atoms with E-state index in [1.807, 2.05) is 0 Å². The van der Waals surface area contributed by atoms with Crippen molar-refractivity contribution >= 4 is 48.4 Å². The van der Waals surface area contributed by atoms with Crippen LogP contribution in [-0.4, -0.2) is 21.4 Å². The first-order valence-electron chi connectivity index (χ1n) is 7.51. The van der Waals surface area contributed by atoms with Gasteiger partial charge < -0.3 is 4.42 Å². The molecule has 1 aromatic heterocycles. The molecule has 12 heteroatoms. The summed E-state index contributed by atoms with van der Waals surface area (Å²) in [6.45, 7) is 2.07. The lowest BCUT2D eigenvalue weighted by atomic mass is 10.3. The average molecular weight is 432 g/mol. The number of hydrogen-bond acceptors (Lipinski definition) is 6. The van der Waals surface area contributed by atoms with Gasteiger partial charge in [0.25, 0.3) is 10.0 Å². The number of halogens is 1. The Balaban J connectivity index is 2.02. The van der Waals surface area contributed by atoms with Crippen molar-refractivity contribution < 1.29 is 21.3 Å². The molecule has 0 unspecified atom stereocenters. The van der Waals surface area contributed by atoms with Crippen LogP contribution >= 0.6 is 11.6 Å². The van der Waals surface area contributed by atoms with Crippen molar-refractivity contribution in [3.05, 3.63) is 52.0 Å². The topological polar surface area (TPSA) is 141 Å². The Labute approximate surface area is 159 Å². The zero-order valence-electron chi connectivity index (χ0n) is 13.8. The third-order valence-electron chi connectivity index (χ3n) is 3.76. The minimum Gasteiger partial charge on any atom is -0.408 e. The van der Waals surface area contributed by atoms with Gasteiger partial charge in [-0.3, -0.25) is 9.29 Å². The number of nitrogens with zero attached hydrogens (tertiary/aromatic N) is 1. The molecule has 0 aliphatic carbocycles. The molecular weight excluding hydrogens is 418 g/mol. The predicted molar refractivity (Wildman–Crippen MR) is 99.8 cm³/mol. The van der Waals surface area contributed by atoms with Crippen LogP contribution in [0.2, 0.25) is 5.02 Å². The SMILES string of the molecule is CCn1c(=O)oc2cc(S(=O)(=O)Nc3ccc(S(N)(=O)=O)cc3)c(Cl)cc21. The number of fused-ring (bicyclic) bond motifs is 1. The number of nitrogens with one attached hydrogen (secondary N) is 1. The van der Waals surface area contributed by atoms with Gasteiger partial charge in [-0.05, 0) is 37.3 Å². The maximum Gasteiger partial charge on any atom is 0.419 e. The molecule has 0 bridgehead atoms. The van der Waals surface area contributed by atoms with Gasteiger partial charge in [0.05, 0.1) is 15.4 Å². The Kier molecular flexibility index (Phi) is 4.80. The van der Waals surface area contributed by atoms with E-state index in [0.29, 0.717) is 12.1 Å². The lowest BCUT2D eigenvalue weighted by molar-refractivity contribution is 0.512. The van der Waals surface area contributed by atoms with Crippen molar-refractivity contribution in [3.63, 3.8) is 0 Å². The van der Waals surface area contributed by atoms with Gasteiger partial charge in [-0.25, -0.2) is 26.8 Å². The highest BCUT2D eigenvalue weighted by molar-refractivity contribution is 7.92. The van der Waals surface area contributed by atoms with Crippen molar-refractivity contribution in [1.29, 1.82) is 0 Å². The maximum atomic E-state index is 12.6. The Hall–Kier alpha value is -2.34. The normalized spacial score (nSPS) is 12.4. The number of anilines is 1. The van der Waals surface area contributed by atoms with E-state index in [2.05, 4.69) is 4.72 Å². The van der Waals surface area contributed by atoms with Gasteiger partial charge in [0, 0.05) is 18.3 Å². The molecule has 0 amide bonds. The third kappa shape index (κ3) is 3.72. The number of rotatable bonds is 5. The highest BCUT2D eigenvalue weighted by Crippen LogP contribution is 2.29. The van der Waals surface area contributed by atoms with E-state index in [-0.39, 0.29) is 26.1 Å². The third-order valence-corrected chi connectivity index (χ3v) is 6.54. The van der Waals surface area contributed by atoms with Crippen LogP contribution in [0.15, 0.2) is 55.4 Å². The van der Waals surface area contributed by atoms with Crippen molar-refractivity contribution in [3.8, 4) is 0 Å². The van der Waals surface area contributed by atoms with E-state index in [0.717, 1.165) is 6.07 Å². The Morgan fingerprint density at radius 1 is 1.15 bits per heavy atom. The van der Waals surface area contributed by atoms with Crippen LogP contribution in [-0.2, 0) is 26.6 Å². The molecule has 0 aliphatic rings. The number of aryl methyl sites for hydroxylation is 1. The molecule has 144 valence electrons. The first kappa shape index (κ1) is 19.4. The fraction of sp³-hybridized carbons (Fsp3) is 0.133. The minimum atomic E-state index is -4.13. The summed E-state index contributed by atoms with van der Waals surface area (Å²) in [6.07, 6.45) is 0. The fourth-order valence-electron chi connectivity index (χ4n) is 2.49. The number of oxazole rings is 1. The van der Waals surface area contributed by atoms with Crippen molar-refractivity contribution in [2.24, 2.45) is 5.14 Å². The Morgan fingerprint density at radius 3 is 2.33 bits per heavy atom. The second-order valence-corrected chi connectivity index (χ2v) is 9.16. The zero-order valence-corrected chi connectivity index (χ0v) is 16.2. The molecule has 0 atom stereocenters. The van der Waals surface area contributed by atoms with Crippen LogP contribution in [0.5, 0.6) is 0 Å². The van der Waals surface area contributed by atoms with E-state index in [1.54, 1.807) is 6.92 Å². The van der Waals surface area contributed by atoms with Gasteiger partial charge in [-0.15, -0.1) is 0 Å². The summed E-state index contributed by atoms with van der Waals surface area (Å²) in [5.41, 5.74) is 0.561. The lowest BCUT2D eigenvalue weighted by Gasteiger charge is -2.10. The number of primary sulfonamides is 1. The molecule has 2 aromatic carbocycles. The summed E-state index contributed by atoms with van der Waals surface area (Å²) in [4.78, 5) is 11.3. The summed E-state index contributed by atoms with van der Waals surface area (Å²) in [7, 11) is -8.02. The highest BCUT2D eigenvalue weighted by atomic mass is 35.5. The molecule has 0 spiro atoms. The molecule has 0 saturated heterocycles.